The van der Waals surface area contributed by atoms with Crippen molar-refractivity contribution in [1.82, 2.24) is 4.98 Å². The van der Waals surface area contributed by atoms with E-state index in [9.17, 15) is 0 Å². The number of rotatable bonds is 3. The quantitative estimate of drug-likeness (QED) is 0.677. The van der Waals surface area contributed by atoms with Crippen molar-refractivity contribution in [3.8, 4) is 0 Å². The van der Waals surface area contributed by atoms with E-state index in [4.69, 9.17) is 17.3 Å². The molecule has 16 heavy (non-hydrogen) atoms. The van der Waals surface area contributed by atoms with Gasteiger partial charge in [0.05, 0.1) is 0 Å². The van der Waals surface area contributed by atoms with E-state index in [0.29, 0.717) is 4.47 Å². The predicted octanol–water partition coefficient (Wildman–Crippen LogP) is 3.98. The van der Waals surface area contributed by atoms with Crippen LogP contribution in [0.15, 0.2) is 29.3 Å². The Morgan fingerprint density at radius 1 is 1.50 bits per heavy atom. The fraction of sp³-hybridized carbons (Fsp3) is 0.182. The monoisotopic (exact) mass is 270 g/mol. The third-order valence-electron chi connectivity index (χ3n) is 2.06. The number of hydrogen-bond acceptors (Lipinski definition) is 4. The average molecular weight is 271 g/mol. The van der Waals surface area contributed by atoms with Crippen LogP contribution in [0.5, 0.6) is 0 Å². The molecule has 0 radical (unpaired) electrons. The van der Waals surface area contributed by atoms with E-state index in [2.05, 4.69) is 17.1 Å². The van der Waals surface area contributed by atoms with Gasteiger partial charge in [-0.2, -0.15) is 0 Å². The van der Waals surface area contributed by atoms with Gasteiger partial charge in [-0.3, -0.25) is 0 Å². The molecule has 0 spiro atoms. The number of nitrogens with zero attached hydrogens (tertiary/aromatic N) is 1. The molecular weight excluding hydrogens is 260 g/mol. The number of benzene rings is 1. The minimum absolute atomic E-state index is 0.590. The third kappa shape index (κ3) is 2.90. The van der Waals surface area contributed by atoms with Crippen molar-refractivity contribution in [2.45, 2.75) is 17.6 Å². The Kier molecular flexibility index (Phi) is 3.74. The summed E-state index contributed by atoms with van der Waals surface area (Å²) in [6.45, 7) is 2.04. The first kappa shape index (κ1) is 11.8. The third-order valence-corrected chi connectivity index (χ3v) is 4.50. The second-order valence-electron chi connectivity index (χ2n) is 3.41. The summed E-state index contributed by atoms with van der Waals surface area (Å²) < 4.78 is 0.590. The van der Waals surface area contributed by atoms with Crippen LogP contribution in [0.3, 0.4) is 0 Å². The lowest BCUT2D eigenvalue weighted by atomic mass is 10.2. The Balaban J connectivity index is 2.04. The lowest BCUT2D eigenvalue weighted by Gasteiger charge is -2.04. The van der Waals surface area contributed by atoms with E-state index in [0.717, 1.165) is 21.2 Å². The van der Waals surface area contributed by atoms with Crippen molar-refractivity contribution in [2.75, 3.05) is 5.73 Å². The molecular formula is C11H11ClN2S2. The molecule has 0 amide bonds. The smallest absolute Gasteiger partial charge is 0.183 e. The number of hydrogen-bond donors (Lipinski definition) is 1. The molecule has 0 unspecified atom stereocenters. The summed E-state index contributed by atoms with van der Waals surface area (Å²) in [5, 5.41) is 0. The van der Waals surface area contributed by atoms with Gasteiger partial charge in [-0.15, -0.1) is 23.1 Å². The molecule has 0 saturated heterocycles. The summed E-state index contributed by atoms with van der Waals surface area (Å²) in [5.41, 5.74) is 7.95. The number of halogens is 1. The van der Waals surface area contributed by atoms with Gasteiger partial charge >= 0.3 is 0 Å². The molecule has 0 fully saturated rings. The maximum Gasteiger partial charge on any atom is 0.183 e. The first-order chi connectivity index (χ1) is 7.65. The summed E-state index contributed by atoms with van der Waals surface area (Å²) in [5.74, 6) is 0.859. The van der Waals surface area contributed by atoms with Crippen LogP contribution in [0, 0.1) is 6.92 Å². The second-order valence-corrected chi connectivity index (χ2v) is 6.12. The molecule has 0 saturated carbocycles. The Morgan fingerprint density at radius 3 is 2.94 bits per heavy atom. The molecule has 84 valence electrons. The molecule has 2 nitrogen and oxygen atoms in total. The Hall–Kier alpha value is -0.710. The average Bonchev–Trinajstić information content (AvgIpc) is 2.63. The van der Waals surface area contributed by atoms with E-state index in [1.807, 2.05) is 19.2 Å². The number of aromatic nitrogens is 1. The lowest BCUT2D eigenvalue weighted by Crippen LogP contribution is -1.89. The van der Waals surface area contributed by atoms with Crippen LogP contribution in [0.4, 0.5) is 5.69 Å². The van der Waals surface area contributed by atoms with Crippen LogP contribution in [0.25, 0.3) is 0 Å². The van der Waals surface area contributed by atoms with Crippen molar-refractivity contribution < 1.29 is 0 Å². The molecule has 0 atom stereocenters. The normalized spacial score (nSPS) is 10.6. The molecule has 1 aromatic heterocycles. The number of aryl methyl sites for hydroxylation is 1. The fourth-order valence-electron chi connectivity index (χ4n) is 1.30. The fourth-order valence-corrected chi connectivity index (χ4v) is 3.25. The summed E-state index contributed by atoms with van der Waals surface area (Å²) in [7, 11) is 0. The topological polar surface area (TPSA) is 38.9 Å². The summed E-state index contributed by atoms with van der Waals surface area (Å²) in [6, 6.07) is 6.11. The van der Waals surface area contributed by atoms with Crippen molar-refractivity contribution in [3.05, 3.63) is 39.3 Å². The highest BCUT2D eigenvalue weighted by molar-refractivity contribution is 7.98. The number of nitrogen functional groups attached to an aromatic ring is 1. The van der Waals surface area contributed by atoms with Crippen LogP contribution in [0.1, 0.15) is 10.4 Å². The van der Waals surface area contributed by atoms with Gasteiger partial charge in [0.15, 0.2) is 4.47 Å². The van der Waals surface area contributed by atoms with E-state index in [1.165, 1.54) is 16.9 Å². The standard InChI is InChI=1S/C11H11ClN2S2/c1-7-2-3-10(9(13)4-7)15-6-8-5-14-11(12)16-8/h2-5H,6,13H2,1H3. The number of anilines is 1. The van der Waals surface area contributed by atoms with E-state index < -0.39 is 0 Å². The van der Waals surface area contributed by atoms with Gasteiger partial charge in [0.2, 0.25) is 0 Å². The highest BCUT2D eigenvalue weighted by Crippen LogP contribution is 2.31. The molecule has 0 bridgehead atoms. The summed E-state index contributed by atoms with van der Waals surface area (Å²) in [4.78, 5) is 6.27. The van der Waals surface area contributed by atoms with Crippen LogP contribution >= 0.6 is 34.7 Å². The minimum Gasteiger partial charge on any atom is -0.398 e. The van der Waals surface area contributed by atoms with Crippen LogP contribution in [-0.2, 0) is 5.75 Å². The zero-order chi connectivity index (χ0) is 11.5. The van der Waals surface area contributed by atoms with Crippen molar-refractivity contribution >= 4 is 40.4 Å². The number of thiazole rings is 1. The van der Waals surface area contributed by atoms with Gasteiger partial charge in [-0.1, -0.05) is 17.7 Å². The van der Waals surface area contributed by atoms with Gasteiger partial charge in [-0.25, -0.2) is 4.98 Å². The van der Waals surface area contributed by atoms with Crippen molar-refractivity contribution in [3.63, 3.8) is 0 Å². The van der Waals surface area contributed by atoms with Crippen LogP contribution < -0.4 is 5.73 Å². The van der Waals surface area contributed by atoms with E-state index >= 15 is 0 Å². The molecule has 2 N–H and O–H groups in total. The van der Waals surface area contributed by atoms with E-state index in [1.54, 1.807) is 11.8 Å². The predicted molar refractivity (Wildman–Crippen MR) is 72.3 cm³/mol. The van der Waals surface area contributed by atoms with Gasteiger partial charge in [0.1, 0.15) is 0 Å². The second kappa shape index (κ2) is 5.08. The van der Waals surface area contributed by atoms with Crippen LogP contribution in [0.2, 0.25) is 4.47 Å². The number of nitrogens with two attached hydrogens (primary N) is 1. The number of thioether (sulfide) groups is 1. The largest absolute Gasteiger partial charge is 0.398 e. The first-order valence-corrected chi connectivity index (χ1v) is 6.92. The molecule has 1 aromatic carbocycles. The highest BCUT2D eigenvalue weighted by Gasteiger charge is 2.03. The van der Waals surface area contributed by atoms with Gasteiger partial charge in [0, 0.05) is 27.4 Å². The van der Waals surface area contributed by atoms with Crippen molar-refractivity contribution in [2.24, 2.45) is 0 Å². The molecule has 0 aliphatic rings. The maximum atomic E-state index is 5.93. The first-order valence-electron chi connectivity index (χ1n) is 4.74. The molecule has 2 rings (SSSR count). The van der Waals surface area contributed by atoms with Gasteiger partial charge < -0.3 is 5.73 Å². The Labute approximate surface area is 108 Å². The van der Waals surface area contributed by atoms with Gasteiger partial charge in [0.25, 0.3) is 0 Å². The van der Waals surface area contributed by atoms with E-state index in [-0.39, 0.29) is 0 Å². The summed E-state index contributed by atoms with van der Waals surface area (Å²) in [6.07, 6.45) is 1.81. The van der Waals surface area contributed by atoms with Crippen molar-refractivity contribution in [1.29, 1.82) is 0 Å². The molecule has 5 heteroatoms. The Morgan fingerprint density at radius 2 is 2.31 bits per heavy atom. The van der Waals surface area contributed by atoms with Crippen LogP contribution in [-0.4, -0.2) is 4.98 Å². The highest BCUT2D eigenvalue weighted by atomic mass is 35.5. The molecule has 2 aromatic rings. The summed E-state index contributed by atoms with van der Waals surface area (Å²) >= 11 is 8.99. The zero-order valence-corrected chi connectivity index (χ0v) is 11.1. The SMILES string of the molecule is Cc1ccc(SCc2cnc(Cl)s2)c(N)c1. The molecule has 0 aliphatic heterocycles. The minimum atomic E-state index is 0.590. The van der Waals surface area contributed by atoms with Gasteiger partial charge in [-0.05, 0) is 24.6 Å². The maximum absolute atomic E-state index is 5.93. The lowest BCUT2D eigenvalue weighted by molar-refractivity contribution is 1.35. The molecule has 1 heterocycles. The zero-order valence-electron chi connectivity index (χ0n) is 8.74. The molecule has 0 aliphatic carbocycles. The Bertz CT molecular complexity index is 496.